The molecule has 5 nitrogen and oxygen atoms in total. The van der Waals surface area contributed by atoms with Crippen LogP contribution in [0.2, 0.25) is 0 Å². The average Bonchev–Trinajstić information content (AvgIpc) is 2.97. The van der Waals surface area contributed by atoms with Gasteiger partial charge in [-0.1, -0.05) is 24.3 Å². The second-order valence-electron chi connectivity index (χ2n) is 13.5. The fourth-order valence-corrected chi connectivity index (χ4v) is 7.46. The zero-order valence-electron chi connectivity index (χ0n) is 26.6. The second-order valence-corrected chi connectivity index (χ2v) is 13.5. The van der Waals surface area contributed by atoms with Gasteiger partial charge in [-0.2, -0.15) is 0 Å². The molecule has 1 N–H and O–H groups in total. The van der Waals surface area contributed by atoms with Crippen LogP contribution in [0.4, 0.5) is 5.69 Å². The Morgan fingerprint density at radius 3 is 2.31 bits per heavy atom. The van der Waals surface area contributed by atoms with Gasteiger partial charge in [0, 0.05) is 42.5 Å². The molecule has 1 saturated heterocycles. The van der Waals surface area contributed by atoms with Crippen LogP contribution < -0.4 is 14.4 Å². The van der Waals surface area contributed by atoms with Crippen LogP contribution in [0, 0.1) is 0 Å². The van der Waals surface area contributed by atoms with Gasteiger partial charge in [0.05, 0.1) is 7.11 Å². The number of aryl methyl sites for hydroxylation is 1. The number of nitrogens with zero attached hydrogens (tertiary/aromatic N) is 2. The largest absolute Gasteiger partial charge is 0.508 e. The third-order valence-corrected chi connectivity index (χ3v) is 9.74. The molecule has 5 heteroatoms. The molecule has 3 aromatic rings. The van der Waals surface area contributed by atoms with Crippen LogP contribution in [0.15, 0.2) is 60.7 Å². The van der Waals surface area contributed by atoms with Crippen molar-refractivity contribution in [2.75, 3.05) is 31.7 Å². The number of fused-ring (bicyclic) bond motifs is 1. The summed E-state index contributed by atoms with van der Waals surface area (Å²) in [5, 5.41) is 9.94. The van der Waals surface area contributed by atoms with Gasteiger partial charge >= 0.3 is 0 Å². The number of aromatic hydroxyl groups is 1. The van der Waals surface area contributed by atoms with E-state index in [1.165, 1.54) is 47.2 Å². The summed E-state index contributed by atoms with van der Waals surface area (Å²) in [4.78, 5) is 5.10. The molecule has 1 aliphatic heterocycles. The van der Waals surface area contributed by atoms with Crippen molar-refractivity contribution in [1.29, 1.82) is 0 Å². The molecule has 0 spiro atoms. The normalized spacial score (nSPS) is 19.6. The van der Waals surface area contributed by atoms with Gasteiger partial charge in [0.2, 0.25) is 0 Å². The minimum absolute atomic E-state index is 0.210. The number of phenols is 1. The quantitative estimate of drug-likeness (QED) is 0.267. The lowest BCUT2D eigenvalue weighted by Gasteiger charge is -2.53. The summed E-state index contributed by atoms with van der Waals surface area (Å²) in [6.45, 7) is 15.1. The van der Waals surface area contributed by atoms with Crippen LogP contribution in [0.5, 0.6) is 17.2 Å². The van der Waals surface area contributed by atoms with Gasteiger partial charge in [0.1, 0.15) is 23.9 Å². The van der Waals surface area contributed by atoms with Crippen LogP contribution in [-0.2, 0) is 19.4 Å². The van der Waals surface area contributed by atoms with E-state index in [9.17, 15) is 5.11 Å². The first-order valence-corrected chi connectivity index (χ1v) is 15.8. The fraction of sp³-hybridized carbons (Fsp3) is 0.514. The maximum absolute atomic E-state index is 9.94. The van der Waals surface area contributed by atoms with Gasteiger partial charge in [-0.3, -0.25) is 4.90 Å². The lowest BCUT2D eigenvalue weighted by atomic mass is 9.79. The summed E-state index contributed by atoms with van der Waals surface area (Å²) in [7, 11) is 1.74. The van der Waals surface area contributed by atoms with Crippen molar-refractivity contribution in [3.8, 4) is 17.2 Å². The van der Waals surface area contributed by atoms with E-state index < -0.39 is 0 Å². The van der Waals surface area contributed by atoms with Gasteiger partial charge in [0.25, 0.3) is 0 Å². The number of hydrogen-bond donors (Lipinski definition) is 1. The summed E-state index contributed by atoms with van der Waals surface area (Å²) in [6.07, 6.45) is 6.83. The third kappa shape index (κ3) is 6.72. The first-order valence-electron chi connectivity index (χ1n) is 15.8. The van der Waals surface area contributed by atoms with Crippen molar-refractivity contribution in [3.05, 3.63) is 82.9 Å². The van der Waals surface area contributed by atoms with Gasteiger partial charge in [-0.05, 0) is 132 Å². The van der Waals surface area contributed by atoms with Crippen molar-refractivity contribution in [2.45, 2.75) is 96.7 Å². The molecule has 1 aliphatic carbocycles. The number of phenolic OH excluding ortho intramolecular Hbond substituents is 1. The second kappa shape index (κ2) is 12.6. The van der Waals surface area contributed by atoms with Crippen molar-refractivity contribution in [1.82, 2.24) is 4.90 Å². The fourth-order valence-electron chi connectivity index (χ4n) is 7.46. The molecule has 1 fully saturated rings. The maximum Gasteiger partial charge on any atom is 0.120 e. The Hall–Kier alpha value is -3.18. The standard InChI is InChI=1S/C37H50N2O3/c1-7-38(26-27-9-15-32(16-10-27)42-22-21-39-36(2,3)19-8-20-37(39,4)5)35-25-33(41-6)17-18-34(35)30-12-11-29-24-31(40)14-13-28(29)23-30/h9-10,13-18,24-25,30,40H,7-8,11-12,19-23,26H2,1-6H3. The summed E-state index contributed by atoms with van der Waals surface area (Å²) < 4.78 is 11.9. The number of anilines is 1. The number of methoxy groups -OCH3 is 1. The van der Waals surface area contributed by atoms with Gasteiger partial charge in [0.15, 0.2) is 0 Å². The summed E-state index contributed by atoms with van der Waals surface area (Å²) in [5.74, 6) is 2.61. The van der Waals surface area contributed by atoms with E-state index in [2.05, 4.69) is 92.9 Å². The van der Waals surface area contributed by atoms with Crippen LogP contribution in [0.3, 0.4) is 0 Å². The van der Waals surface area contributed by atoms with Crippen molar-refractivity contribution >= 4 is 5.69 Å². The molecule has 1 atom stereocenters. The van der Waals surface area contributed by atoms with Crippen LogP contribution in [0.25, 0.3) is 0 Å². The Kier molecular flexibility index (Phi) is 9.08. The number of ether oxygens (including phenoxy) is 2. The summed E-state index contributed by atoms with van der Waals surface area (Å²) >= 11 is 0. The van der Waals surface area contributed by atoms with Gasteiger partial charge in [-0.15, -0.1) is 0 Å². The van der Waals surface area contributed by atoms with Crippen molar-refractivity contribution in [3.63, 3.8) is 0 Å². The van der Waals surface area contributed by atoms with E-state index in [0.29, 0.717) is 18.3 Å². The van der Waals surface area contributed by atoms with Crippen LogP contribution in [0.1, 0.15) is 88.5 Å². The van der Waals surface area contributed by atoms with E-state index in [1.807, 2.05) is 12.1 Å². The van der Waals surface area contributed by atoms with Gasteiger partial charge in [-0.25, -0.2) is 0 Å². The first kappa shape index (κ1) is 30.3. The molecule has 226 valence electrons. The molecule has 0 bridgehead atoms. The zero-order valence-corrected chi connectivity index (χ0v) is 26.6. The third-order valence-electron chi connectivity index (χ3n) is 9.74. The number of hydrogen-bond acceptors (Lipinski definition) is 5. The maximum atomic E-state index is 9.94. The Morgan fingerprint density at radius 2 is 1.62 bits per heavy atom. The smallest absolute Gasteiger partial charge is 0.120 e. The highest BCUT2D eigenvalue weighted by Gasteiger charge is 2.40. The highest BCUT2D eigenvalue weighted by atomic mass is 16.5. The lowest BCUT2D eigenvalue weighted by Crippen LogP contribution is -2.59. The molecular weight excluding hydrogens is 520 g/mol. The molecule has 42 heavy (non-hydrogen) atoms. The number of benzene rings is 3. The highest BCUT2D eigenvalue weighted by molar-refractivity contribution is 5.60. The average molecular weight is 571 g/mol. The molecule has 0 radical (unpaired) electrons. The van der Waals surface area contributed by atoms with Gasteiger partial charge < -0.3 is 19.5 Å². The molecule has 1 unspecified atom stereocenters. The molecule has 0 amide bonds. The first-order chi connectivity index (χ1) is 20.1. The molecule has 0 aromatic heterocycles. The van der Waals surface area contributed by atoms with Crippen molar-refractivity contribution < 1.29 is 14.6 Å². The number of rotatable bonds is 10. The van der Waals surface area contributed by atoms with E-state index in [4.69, 9.17) is 9.47 Å². The molecule has 3 aromatic carbocycles. The van der Waals surface area contributed by atoms with Crippen LogP contribution in [-0.4, -0.2) is 47.9 Å². The predicted octanol–water partition coefficient (Wildman–Crippen LogP) is 8.12. The minimum Gasteiger partial charge on any atom is -0.508 e. The number of likely N-dealkylation sites (tertiary alicyclic amines) is 1. The molecule has 0 saturated carbocycles. The highest BCUT2D eigenvalue weighted by Crippen LogP contribution is 2.40. The van der Waals surface area contributed by atoms with Crippen molar-refractivity contribution in [2.24, 2.45) is 0 Å². The molecule has 1 heterocycles. The summed E-state index contributed by atoms with van der Waals surface area (Å²) in [5.41, 5.74) is 6.93. The van der Waals surface area contributed by atoms with E-state index in [1.54, 1.807) is 7.11 Å². The lowest BCUT2D eigenvalue weighted by molar-refractivity contribution is -0.0340. The Balaban J connectivity index is 1.26. The Labute approximate surface area is 253 Å². The van der Waals surface area contributed by atoms with E-state index >= 15 is 0 Å². The predicted molar refractivity (Wildman–Crippen MR) is 173 cm³/mol. The number of piperidine rings is 1. The Bertz CT molecular complexity index is 1330. The van der Waals surface area contributed by atoms with E-state index in [-0.39, 0.29) is 11.1 Å². The SMILES string of the molecule is CCN(Cc1ccc(OCCN2C(C)(C)CCCC2(C)C)cc1)c1cc(OC)ccc1C1CCc2cc(O)ccc2C1. The monoisotopic (exact) mass is 570 g/mol. The molecule has 2 aliphatic rings. The minimum atomic E-state index is 0.210. The Morgan fingerprint density at radius 1 is 0.905 bits per heavy atom. The molecule has 5 rings (SSSR count). The topological polar surface area (TPSA) is 45.2 Å². The van der Waals surface area contributed by atoms with Crippen LogP contribution >= 0.6 is 0 Å². The van der Waals surface area contributed by atoms with E-state index in [0.717, 1.165) is 50.4 Å². The zero-order chi connectivity index (χ0) is 29.9. The summed E-state index contributed by atoms with van der Waals surface area (Å²) in [6, 6.07) is 21.0. The molecular formula is C37H50N2O3.